The maximum atomic E-state index is 10.8. The van der Waals surface area contributed by atoms with Crippen LogP contribution in [0.2, 0.25) is 0 Å². The van der Waals surface area contributed by atoms with Crippen LogP contribution in [0, 0.1) is 6.92 Å². The maximum Gasteiger partial charge on any atom is 0.317 e. The second-order valence-electron chi connectivity index (χ2n) is 4.83. The van der Waals surface area contributed by atoms with E-state index in [1.165, 1.54) is 0 Å². The number of nitrogens with zero attached hydrogens (tertiary/aromatic N) is 1. The van der Waals surface area contributed by atoms with Crippen molar-refractivity contribution in [3.63, 3.8) is 0 Å². The van der Waals surface area contributed by atoms with E-state index < -0.39 is 5.97 Å². The number of carbonyl (C=O) groups is 1. The molecule has 1 aromatic carbocycles. The van der Waals surface area contributed by atoms with Gasteiger partial charge in [0.25, 0.3) is 0 Å². The molecule has 1 aliphatic rings. The van der Waals surface area contributed by atoms with Crippen LogP contribution < -0.4 is 4.74 Å². The summed E-state index contributed by atoms with van der Waals surface area (Å²) in [5.74, 6) is 0.113. The minimum absolute atomic E-state index is 0.121. The van der Waals surface area contributed by atoms with Gasteiger partial charge < -0.3 is 9.84 Å². The highest BCUT2D eigenvalue weighted by molar-refractivity contribution is 5.69. The largest absolute Gasteiger partial charge is 0.496 e. The van der Waals surface area contributed by atoms with Crippen LogP contribution in [-0.4, -0.2) is 35.7 Å². The SMILES string of the molecule is COc1ccc(CN(CC(=O)O)C2CC2)cc1C. The highest BCUT2D eigenvalue weighted by Gasteiger charge is 2.30. The first-order chi connectivity index (χ1) is 8.60. The van der Waals surface area contributed by atoms with Crippen molar-refractivity contribution in [1.82, 2.24) is 4.90 Å². The number of ether oxygens (including phenoxy) is 1. The molecule has 0 atom stereocenters. The van der Waals surface area contributed by atoms with Gasteiger partial charge in [0, 0.05) is 12.6 Å². The maximum absolute atomic E-state index is 10.8. The summed E-state index contributed by atoms with van der Waals surface area (Å²) in [5.41, 5.74) is 2.22. The Morgan fingerprint density at radius 1 is 1.50 bits per heavy atom. The summed E-state index contributed by atoms with van der Waals surface area (Å²) < 4.78 is 5.22. The molecule has 0 radical (unpaired) electrons. The molecule has 18 heavy (non-hydrogen) atoms. The van der Waals surface area contributed by atoms with Crippen molar-refractivity contribution in [1.29, 1.82) is 0 Å². The standard InChI is InChI=1S/C14H19NO3/c1-10-7-11(3-6-13(10)18-2)8-15(9-14(16)17)12-4-5-12/h3,6-7,12H,4-5,8-9H2,1-2H3,(H,16,17). The molecule has 0 bridgehead atoms. The monoisotopic (exact) mass is 249 g/mol. The Morgan fingerprint density at radius 2 is 2.22 bits per heavy atom. The van der Waals surface area contributed by atoms with Gasteiger partial charge in [-0.05, 0) is 37.0 Å². The van der Waals surface area contributed by atoms with Crippen molar-refractivity contribution < 1.29 is 14.6 Å². The normalized spacial score (nSPS) is 14.8. The third kappa shape index (κ3) is 3.23. The fourth-order valence-electron chi connectivity index (χ4n) is 2.20. The molecule has 1 fully saturated rings. The smallest absolute Gasteiger partial charge is 0.317 e. The second-order valence-corrected chi connectivity index (χ2v) is 4.83. The molecule has 4 heteroatoms. The minimum atomic E-state index is -0.757. The molecular weight excluding hydrogens is 230 g/mol. The molecule has 1 aliphatic carbocycles. The van der Waals surface area contributed by atoms with E-state index in [1.54, 1.807) is 7.11 Å². The Bertz CT molecular complexity index is 441. The van der Waals surface area contributed by atoms with Crippen molar-refractivity contribution in [3.8, 4) is 5.75 Å². The molecule has 0 aliphatic heterocycles. The zero-order chi connectivity index (χ0) is 13.1. The zero-order valence-corrected chi connectivity index (χ0v) is 10.8. The number of methoxy groups -OCH3 is 1. The van der Waals surface area contributed by atoms with Gasteiger partial charge in [0.2, 0.25) is 0 Å². The molecule has 0 saturated heterocycles. The van der Waals surface area contributed by atoms with E-state index in [4.69, 9.17) is 9.84 Å². The summed E-state index contributed by atoms with van der Waals surface area (Å²) in [5, 5.41) is 8.91. The van der Waals surface area contributed by atoms with Gasteiger partial charge in [-0.3, -0.25) is 9.69 Å². The van der Waals surface area contributed by atoms with Crippen LogP contribution >= 0.6 is 0 Å². The topological polar surface area (TPSA) is 49.8 Å². The number of aryl methyl sites for hydroxylation is 1. The lowest BCUT2D eigenvalue weighted by molar-refractivity contribution is -0.138. The molecule has 4 nitrogen and oxygen atoms in total. The lowest BCUT2D eigenvalue weighted by Crippen LogP contribution is -2.31. The molecule has 0 aromatic heterocycles. The van der Waals surface area contributed by atoms with E-state index in [9.17, 15) is 4.79 Å². The third-order valence-electron chi connectivity index (χ3n) is 3.25. The lowest BCUT2D eigenvalue weighted by atomic mass is 10.1. The summed E-state index contributed by atoms with van der Waals surface area (Å²) in [4.78, 5) is 12.9. The highest BCUT2D eigenvalue weighted by Crippen LogP contribution is 2.28. The van der Waals surface area contributed by atoms with Gasteiger partial charge in [-0.2, -0.15) is 0 Å². The Hall–Kier alpha value is -1.55. The predicted molar refractivity (Wildman–Crippen MR) is 68.8 cm³/mol. The number of hydrogen-bond acceptors (Lipinski definition) is 3. The van der Waals surface area contributed by atoms with Crippen molar-refractivity contribution in [3.05, 3.63) is 29.3 Å². The average molecular weight is 249 g/mol. The van der Waals surface area contributed by atoms with Crippen molar-refractivity contribution in [2.45, 2.75) is 32.4 Å². The van der Waals surface area contributed by atoms with Crippen LogP contribution in [0.25, 0.3) is 0 Å². The van der Waals surface area contributed by atoms with Crippen molar-refractivity contribution >= 4 is 5.97 Å². The molecule has 0 heterocycles. The van der Waals surface area contributed by atoms with E-state index in [0.717, 1.165) is 29.7 Å². The Balaban J connectivity index is 2.06. The van der Waals surface area contributed by atoms with Crippen LogP contribution in [0.1, 0.15) is 24.0 Å². The van der Waals surface area contributed by atoms with E-state index in [2.05, 4.69) is 6.07 Å². The first kappa shape index (κ1) is 12.9. The predicted octanol–water partition coefficient (Wildman–Crippen LogP) is 2.05. The van der Waals surface area contributed by atoms with Crippen LogP contribution in [0.3, 0.4) is 0 Å². The first-order valence-corrected chi connectivity index (χ1v) is 6.19. The highest BCUT2D eigenvalue weighted by atomic mass is 16.5. The number of rotatable bonds is 6. The molecule has 2 rings (SSSR count). The van der Waals surface area contributed by atoms with Gasteiger partial charge >= 0.3 is 5.97 Å². The van der Waals surface area contributed by atoms with Gasteiger partial charge in [-0.1, -0.05) is 12.1 Å². The van der Waals surface area contributed by atoms with Crippen LogP contribution in [0.4, 0.5) is 0 Å². The van der Waals surface area contributed by atoms with Crippen LogP contribution in [0.5, 0.6) is 5.75 Å². The summed E-state index contributed by atoms with van der Waals surface area (Å²) in [7, 11) is 1.66. The third-order valence-corrected chi connectivity index (χ3v) is 3.25. The minimum Gasteiger partial charge on any atom is -0.496 e. The second kappa shape index (κ2) is 5.40. The zero-order valence-electron chi connectivity index (χ0n) is 10.8. The molecule has 1 N–H and O–H groups in total. The van der Waals surface area contributed by atoms with E-state index in [1.807, 2.05) is 24.0 Å². The molecule has 0 amide bonds. The first-order valence-electron chi connectivity index (χ1n) is 6.19. The molecule has 0 spiro atoms. The molecule has 1 aromatic rings. The number of hydrogen-bond donors (Lipinski definition) is 1. The fourth-order valence-corrected chi connectivity index (χ4v) is 2.20. The van der Waals surface area contributed by atoms with Crippen LogP contribution in [0.15, 0.2) is 18.2 Å². The fraction of sp³-hybridized carbons (Fsp3) is 0.500. The Kier molecular flexibility index (Phi) is 3.87. The number of aliphatic carboxylic acids is 1. The van der Waals surface area contributed by atoms with Gasteiger partial charge in [0.05, 0.1) is 13.7 Å². The van der Waals surface area contributed by atoms with Gasteiger partial charge in [-0.15, -0.1) is 0 Å². The Morgan fingerprint density at radius 3 is 2.72 bits per heavy atom. The Labute approximate surface area is 107 Å². The number of benzene rings is 1. The van der Waals surface area contributed by atoms with Gasteiger partial charge in [0.15, 0.2) is 0 Å². The van der Waals surface area contributed by atoms with Crippen molar-refractivity contribution in [2.24, 2.45) is 0 Å². The molecule has 0 unspecified atom stereocenters. The number of carboxylic acid groups (broad SMARTS) is 1. The molecular formula is C14H19NO3. The summed E-state index contributed by atoms with van der Waals surface area (Å²) >= 11 is 0. The van der Waals surface area contributed by atoms with Gasteiger partial charge in [0.1, 0.15) is 5.75 Å². The quantitative estimate of drug-likeness (QED) is 0.838. The summed E-state index contributed by atoms with van der Waals surface area (Å²) in [6, 6.07) is 6.46. The van der Waals surface area contributed by atoms with Gasteiger partial charge in [-0.25, -0.2) is 0 Å². The molecule has 1 saturated carbocycles. The van der Waals surface area contributed by atoms with E-state index in [-0.39, 0.29) is 6.54 Å². The van der Waals surface area contributed by atoms with E-state index in [0.29, 0.717) is 12.6 Å². The average Bonchev–Trinajstić information content (AvgIpc) is 3.11. The summed E-state index contributed by atoms with van der Waals surface area (Å²) in [6.45, 7) is 2.82. The lowest BCUT2D eigenvalue weighted by Gasteiger charge is -2.20. The van der Waals surface area contributed by atoms with Crippen molar-refractivity contribution in [2.75, 3.05) is 13.7 Å². The van der Waals surface area contributed by atoms with Crippen LogP contribution in [-0.2, 0) is 11.3 Å². The number of carboxylic acids is 1. The summed E-state index contributed by atoms with van der Waals surface area (Å²) in [6.07, 6.45) is 2.23. The van der Waals surface area contributed by atoms with E-state index >= 15 is 0 Å². The molecule has 98 valence electrons.